The molecule has 1 rings (SSSR count). The average molecular weight is 398 g/mol. The fourth-order valence-corrected chi connectivity index (χ4v) is 4.40. The third kappa shape index (κ3) is 11.8. The smallest absolute Gasteiger partial charge is 0.322 e. The number of benzene rings is 1. The second-order valence-electron chi connectivity index (χ2n) is 7.20. The lowest BCUT2D eigenvalue weighted by molar-refractivity contribution is -0.138. The molecule has 0 aliphatic carbocycles. The number of nitrogens with one attached hydrogen (secondary N) is 1. The third-order valence-electron chi connectivity index (χ3n) is 4.67. The first-order chi connectivity index (χ1) is 12.9. The summed E-state index contributed by atoms with van der Waals surface area (Å²) in [6.07, 6.45) is 11.4. The minimum absolute atomic E-state index is 0.0118. The summed E-state index contributed by atoms with van der Waals surface area (Å²) >= 11 is 0. The van der Waals surface area contributed by atoms with Crippen molar-refractivity contribution in [3.8, 4) is 0 Å². The molecule has 1 atom stereocenters. The molecule has 5 nitrogen and oxygen atoms in total. The molecule has 0 spiro atoms. The first-order valence-electron chi connectivity index (χ1n) is 10.2. The van der Waals surface area contributed by atoms with E-state index in [0.29, 0.717) is 6.42 Å². The van der Waals surface area contributed by atoms with Crippen LogP contribution < -0.4 is 4.72 Å². The molecule has 0 unspecified atom stereocenters. The molecule has 0 saturated heterocycles. The summed E-state index contributed by atoms with van der Waals surface area (Å²) in [5, 5.41) is 9.32. The van der Waals surface area contributed by atoms with Gasteiger partial charge in [0.1, 0.15) is 6.04 Å². The maximum Gasteiger partial charge on any atom is 0.322 e. The van der Waals surface area contributed by atoms with Crippen molar-refractivity contribution >= 4 is 16.0 Å². The maximum absolute atomic E-state index is 12.2. The molecule has 0 heterocycles. The number of sulfonamides is 1. The molecule has 0 fully saturated rings. The summed E-state index contributed by atoms with van der Waals surface area (Å²) in [5.74, 6) is -1.16. The van der Waals surface area contributed by atoms with Crippen molar-refractivity contribution in [2.75, 3.05) is 5.75 Å². The lowest BCUT2D eigenvalue weighted by Gasteiger charge is -2.15. The molecule has 1 aromatic rings. The molecule has 0 radical (unpaired) electrons. The summed E-state index contributed by atoms with van der Waals surface area (Å²) in [4.78, 5) is 11.4. The van der Waals surface area contributed by atoms with Crippen molar-refractivity contribution in [3.63, 3.8) is 0 Å². The van der Waals surface area contributed by atoms with Crippen LogP contribution in [0.5, 0.6) is 0 Å². The van der Waals surface area contributed by atoms with Crippen LogP contribution in [-0.2, 0) is 21.2 Å². The highest BCUT2D eigenvalue weighted by Crippen LogP contribution is 2.11. The highest BCUT2D eigenvalue weighted by Gasteiger charge is 2.23. The summed E-state index contributed by atoms with van der Waals surface area (Å²) in [6.45, 7) is 2.21. The molecule has 0 amide bonds. The lowest BCUT2D eigenvalue weighted by Crippen LogP contribution is -2.43. The van der Waals surface area contributed by atoms with Gasteiger partial charge >= 0.3 is 5.97 Å². The Morgan fingerprint density at radius 1 is 0.926 bits per heavy atom. The van der Waals surface area contributed by atoms with E-state index in [1.165, 1.54) is 38.5 Å². The Labute approximate surface area is 164 Å². The number of aliphatic carboxylic acids is 1. The van der Waals surface area contributed by atoms with E-state index in [9.17, 15) is 18.3 Å². The molecular weight excluding hydrogens is 362 g/mol. The van der Waals surface area contributed by atoms with Crippen LogP contribution in [0, 0.1) is 0 Å². The van der Waals surface area contributed by atoms with E-state index in [1.807, 2.05) is 18.2 Å². The zero-order valence-corrected chi connectivity index (χ0v) is 17.3. The molecular formula is C21H35NO4S. The Hall–Kier alpha value is -1.40. The summed E-state index contributed by atoms with van der Waals surface area (Å²) in [7, 11) is -3.58. The molecule has 0 aromatic heterocycles. The molecule has 2 N–H and O–H groups in total. The number of carboxylic acids is 1. The van der Waals surface area contributed by atoms with Crippen LogP contribution in [0.25, 0.3) is 0 Å². The van der Waals surface area contributed by atoms with Gasteiger partial charge in [-0.2, -0.15) is 0 Å². The van der Waals surface area contributed by atoms with Crippen LogP contribution in [-0.4, -0.2) is 31.3 Å². The van der Waals surface area contributed by atoms with E-state index < -0.39 is 22.0 Å². The molecule has 0 bridgehead atoms. The van der Waals surface area contributed by atoms with Gasteiger partial charge in [-0.15, -0.1) is 0 Å². The van der Waals surface area contributed by atoms with Crippen molar-refractivity contribution in [2.24, 2.45) is 0 Å². The number of carbonyl (C=O) groups is 1. The summed E-state index contributed by atoms with van der Waals surface area (Å²) in [6, 6.07) is 7.94. The molecule has 154 valence electrons. The van der Waals surface area contributed by atoms with Crippen LogP contribution in [0.2, 0.25) is 0 Å². The fraction of sp³-hybridized carbons (Fsp3) is 0.667. The quantitative estimate of drug-likeness (QED) is 0.402. The van der Waals surface area contributed by atoms with Crippen LogP contribution in [0.15, 0.2) is 30.3 Å². The maximum atomic E-state index is 12.2. The van der Waals surface area contributed by atoms with Crippen LogP contribution in [0.4, 0.5) is 0 Å². The molecule has 6 heteroatoms. The van der Waals surface area contributed by atoms with E-state index in [0.717, 1.165) is 24.8 Å². The zero-order chi connectivity index (χ0) is 20.0. The van der Waals surface area contributed by atoms with Gasteiger partial charge in [0.2, 0.25) is 10.0 Å². The van der Waals surface area contributed by atoms with Gasteiger partial charge in [-0.05, 0) is 18.4 Å². The predicted molar refractivity (Wildman–Crippen MR) is 110 cm³/mol. The molecule has 0 aliphatic rings. The standard InChI is InChI=1S/C21H35NO4S/c1-2-3-4-5-6-7-8-9-10-14-17-27(25,26)22-20(21(23)24)18-19-15-12-11-13-16-19/h11-13,15-16,20,22H,2-10,14,17-18H2,1H3,(H,23,24)/t20-/m0/s1. The largest absolute Gasteiger partial charge is 0.480 e. The molecule has 0 saturated carbocycles. The van der Waals surface area contributed by atoms with Gasteiger partial charge in [0.25, 0.3) is 0 Å². The second kappa shape index (κ2) is 13.7. The van der Waals surface area contributed by atoms with E-state index in [4.69, 9.17) is 0 Å². The van der Waals surface area contributed by atoms with Gasteiger partial charge in [0, 0.05) is 0 Å². The Balaban J connectivity index is 2.24. The minimum Gasteiger partial charge on any atom is -0.480 e. The van der Waals surface area contributed by atoms with Gasteiger partial charge in [0.15, 0.2) is 0 Å². The van der Waals surface area contributed by atoms with Crippen molar-refractivity contribution in [2.45, 2.75) is 83.6 Å². The molecule has 1 aromatic carbocycles. The second-order valence-corrected chi connectivity index (χ2v) is 9.07. The third-order valence-corrected chi connectivity index (χ3v) is 6.14. The van der Waals surface area contributed by atoms with Gasteiger partial charge in [-0.25, -0.2) is 13.1 Å². The van der Waals surface area contributed by atoms with Gasteiger partial charge in [-0.3, -0.25) is 4.79 Å². The minimum atomic E-state index is -3.58. The van der Waals surface area contributed by atoms with E-state index in [2.05, 4.69) is 11.6 Å². The van der Waals surface area contributed by atoms with E-state index in [-0.39, 0.29) is 12.2 Å². The Morgan fingerprint density at radius 3 is 1.96 bits per heavy atom. The first kappa shape index (κ1) is 23.6. The van der Waals surface area contributed by atoms with Crippen LogP contribution in [0.3, 0.4) is 0 Å². The predicted octanol–water partition coefficient (Wildman–Crippen LogP) is 4.52. The Morgan fingerprint density at radius 2 is 1.44 bits per heavy atom. The van der Waals surface area contributed by atoms with Crippen LogP contribution in [0.1, 0.15) is 76.7 Å². The molecule has 27 heavy (non-hydrogen) atoms. The number of rotatable bonds is 16. The SMILES string of the molecule is CCCCCCCCCCCCS(=O)(=O)N[C@@H](Cc1ccccc1)C(=O)O. The monoisotopic (exact) mass is 397 g/mol. The van der Waals surface area contributed by atoms with Crippen molar-refractivity contribution in [3.05, 3.63) is 35.9 Å². The Kier molecular flexibility index (Phi) is 12.0. The van der Waals surface area contributed by atoms with Crippen molar-refractivity contribution in [1.82, 2.24) is 4.72 Å². The van der Waals surface area contributed by atoms with Crippen LogP contribution >= 0.6 is 0 Å². The van der Waals surface area contributed by atoms with Crippen molar-refractivity contribution in [1.29, 1.82) is 0 Å². The Bertz CT molecular complexity index is 616. The van der Waals surface area contributed by atoms with E-state index in [1.54, 1.807) is 12.1 Å². The highest BCUT2D eigenvalue weighted by molar-refractivity contribution is 7.89. The number of hydrogen-bond donors (Lipinski definition) is 2. The van der Waals surface area contributed by atoms with Gasteiger partial charge in [0.05, 0.1) is 5.75 Å². The fourth-order valence-electron chi connectivity index (χ4n) is 3.08. The van der Waals surface area contributed by atoms with E-state index >= 15 is 0 Å². The zero-order valence-electron chi connectivity index (χ0n) is 16.5. The summed E-state index contributed by atoms with van der Waals surface area (Å²) in [5.41, 5.74) is 0.798. The van der Waals surface area contributed by atoms with Gasteiger partial charge < -0.3 is 5.11 Å². The average Bonchev–Trinajstić information content (AvgIpc) is 2.63. The molecule has 0 aliphatic heterocycles. The van der Waals surface area contributed by atoms with Crippen molar-refractivity contribution < 1.29 is 18.3 Å². The lowest BCUT2D eigenvalue weighted by atomic mass is 10.1. The highest BCUT2D eigenvalue weighted by atomic mass is 32.2. The number of unbranched alkanes of at least 4 members (excludes halogenated alkanes) is 9. The normalized spacial score (nSPS) is 12.8. The van der Waals surface area contributed by atoms with Gasteiger partial charge in [-0.1, -0.05) is 95.0 Å². The first-order valence-corrected chi connectivity index (χ1v) is 11.9. The summed E-state index contributed by atoms with van der Waals surface area (Å²) < 4.78 is 26.7. The number of hydrogen-bond acceptors (Lipinski definition) is 3. The topological polar surface area (TPSA) is 83.5 Å². The number of carboxylic acid groups (broad SMARTS) is 1.